The highest BCUT2D eigenvalue weighted by molar-refractivity contribution is 7.90. The van der Waals surface area contributed by atoms with Crippen LogP contribution in [0.4, 0.5) is 0 Å². The molecule has 19 heavy (non-hydrogen) atoms. The van der Waals surface area contributed by atoms with Crippen molar-refractivity contribution in [3.05, 3.63) is 45.4 Å². The van der Waals surface area contributed by atoms with Gasteiger partial charge < -0.3 is 0 Å². The van der Waals surface area contributed by atoms with Gasteiger partial charge in [-0.05, 0) is 12.1 Å². The third-order valence-corrected chi connectivity index (χ3v) is 5.91. The van der Waals surface area contributed by atoms with E-state index >= 15 is 0 Å². The van der Waals surface area contributed by atoms with Crippen molar-refractivity contribution in [2.45, 2.75) is 30.4 Å². The Bertz CT molecular complexity index is 677. The quantitative estimate of drug-likeness (QED) is 0.859. The lowest BCUT2D eigenvalue weighted by Crippen LogP contribution is -2.06. The van der Waals surface area contributed by atoms with E-state index in [0.29, 0.717) is 11.6 Å². The van der Waals surface area contributed by atoms with E-state index in [1.165, 1.54) is 17.4 Å². The molecule has 1 aromatic carbocycles. The fraction of sp³-hybridized carbons (Fsp3) is 0.308. The predicted molar refractivity (Wildman–Crippen MR) is 78.5 cm³/mol. The van der Waals surface area contributed by atoms with Gasteiger partial charge in [-0.2, -0.15) is 0 Å². The molecule has 102 valence electrons. The van der Waals surface area contributed by atoms with Gasteiger partial charge in [0.1, 0.15) is 0 Å². The smallest absolute Gasteiger partial charge is 0.185 e. The molecule has 3 nitrogen and oxygen atoms in total. The van der Waals surface area contributed by atoms with Crippen molar-refractivity contribution in [3.63, 3.8) is 0 Å². The summed E-state index contributed by atoms with van der Waals surface area (Å²) in [5.74, 6) is 0.196. The van der Waals surface area contributed by atoms with Gasteiger partial charge in [0.05, 0.1) is 26.4 Å². The van der Waals surface area contributed by atoms with Crippen molar-refractivity contribution < 1.29 is 8.42 Å². The average molecular weight is 316 g/mol. The van der Waals surface area contributed by atoms with Gasteiger partial charge in [0.25, 0.3) is 0 Å². The standard InChI is InChI=1S/C13H14ClNO2S2/c1-9(2)13-15-10(7-18-13)8-19(16,17)12-6-4-3-5-11(12)14/h3-7,9H,8H2,1-2H3. The summed E-state index contributed by atoms with van der Waals surface area (Å²) < 4.78 is 24.6. The van der Waals surface area contributed by atoms with Crippen LogP contribution >= 0.6 is 22.9 Å². The molecule has 0 saturated carbocycles. The Morgan fingerprint density at radius 2 is 2.00 bits per heavy atom. The van der Waals surface area contributed by atoms with Gasteiger partial charge in [-0.15, -0.1) is 11.3 Å². The minimum Gasteiger partial charge on any atom is -0.245 e. The summed E-state index contributed by atoms with van der Waals surface area (Å²) in [4.78, 5) is 4.51. The molecule has 2 aromatic rings. The Kier molecular flexibility index (Phi) is 4.28. The third kappa shape index (κ3) is 3.35. The van der Waals surface area contributed by atoms with Crippen LogP contribution in [-0.2, 0) is 15.6 Å². The number of halogens is 1. The normalized spacial score (nSPS) is 12.0. The Labute approximate surface area is 122 Å². The van der Waals surface area contributed by atoms with Crippen LogP contribution in [0.5, 0.6) is 0 Å². The minimum absolute atomic E-state index is 0.111. The van der Waals surface area contributed by atoms with E-state index in [1.807, 2.05) is 13.8 Å². The van der Waals surface area contributed by atoms with Gasteiger partial charge in [0.15, 0.2) is 9.84 Å². The molecule has 0 fully saturated rings. The second-order valence-electron chi connectivity index (χ2n) is 4.52. The van der Waals surface area contributed by atoms with E-state index in [9.17, 15) is 8.42 Å². The molecule has 6 heteroatoms. The Morgan fingerprint density at radius 1 is 1.32 bits per heavy atom. The second kappa shape index (κ2) is 5.61. The van der Waals surface area contributed by atoms with Crippen molar-refractivity contribution in [3.8, 4) is 0 Å². The SMILES string of the molecule is CC(C)c1nc(CS(=O)(=O)c2ccccc2Cl)cs1. The van der Waals surface area contributed by atoms with E-state index in [1.54, 1.807) is 23.6 Å². The monoisotopic (exact) mass is 315 g/mol. The molecule has 0 unspecified atom stereocenters. The van der Waals surface area contributed by atoms with Crippen LogP contribution in [0.1, 0.15) is 30.5 Å². The third-order valence-electron chi connectivity index (χ3n) is 2.57. The summed E-state index contributed by atoms with van der Waals surface area (Å²) in [6.07, 6.45) is 0. The van der Waals surface area contributed by atoms with Crippen LogP contribution in [0.2, 0.25) is 5.02 Å². The first kappa shape index (κ1) is 14.5. The second-order valence-corrected chi connectivity index (χ2v) is 7.78. The Hall–Kier alpha value is -0.910. The molecule has 0 radical (unpaired) electrons. The molecular formula is C13H14ClNO2S2. The van der Waals surface area contributed by atoms with Gasteiger partial charge >= 0.3 is 0 Å². The molecule has 0 aliphatic heterocycles. The molecule has 0 aliphatic carbocycles. The van der Waals surface area contributed by atoms with Crippen LogP contribution in [0.3, 0.4) is 0 Å². The molecule has 0 bridgehead atoms. The molecule has 0 spiro atoms. The Balaban J connectivity index is 2.29. The maximum Gasteiger partial charge on any atom is 0.185 e. The van der Waals surface area contributed by atoms with Gasteiger partial charge in [-0.1, -0.05) is 37.6 Å². The summed E-state index contributed by atoms with van der Waals surface area (Å²) in [6.45, 7) is 4.07. The molecule has 0 N–H and O–H groups in total. The first-order chi connectivity index (χ1) is 8.90. The van der Waals surface area contributed by atoms with Crippen LogP contribution in [0, 0.1) is 0 Å². The van der Waals surface area contributed by atoms with E-state index in [-0.39, 0.29) is 15.7 Å². The zero-order valence-electron chi connectivity index (χ0n) is 10.6. The zero-order chi connectivity index (χ0) is 14.0. The number of sulfone groups is 1. The number of nitrogens with zero attached hydrogens (tertiary/aromatic N) is 1. The molecule has 0 atom stereocenters. The summed E-state index contributed by atoms with van der Waals surface area (Å²) >= 11 is 7.42. The van der Waals surface area contributed by atoms with Crippen molar-refractivity contribution in [1.82, 2.24) is 4.98 Å². The van der Waals surface area contributed by atoms with Gasteiger partial charge in [0, 0.05) is 11.3 Å². The maximum absolute atomic E-state index is 12.3. The molecule has 1 heterocycles. The number of rotatable bonds is 4. The molecule has 0 amide bonds. The molecule has 0 aliphatic rings. The highest BCUT2D eigenvalue weighted by Gasteiger charge is 2.20. The summed E-state index contributed by atoms with van der Waals surface area (Å²) in [6, 6.07) is 6.48. The topological polar surface area (TPSA) is 47.0 Å². The molecule has 2 rings (SSSR count). The van der Waals surface area contributed by atoms with Crippen LogP contribution in [0.25, 0.3) is 0 Å². The van der Waals surface area contributed by atoms with Gasteiger partial charge in [0.2, 0.25) is 0 Å². The van der Waals surface area contributed by atoms with Crippen molar-refractivity contribution in [1.29, 1.82) is 0 Å². The summed E-state index contributed by atoms with van der Waals surface area (Å²) in [5.41, 5.74) is 0.577. The Morgan fingerprint density at radius 3 is 2.58 bits per heavy atom. The van der Waals surface area contributed by atoms with Crippen molar-refractivity contribution in [2.24, 2.45) is 0 Å². The van der Waals surface area contributed by atoms with E-state index in [4.69, 9.17) is 11.6 Å². The highest BCUT2D eigenvalue weighted by Crippen LogP contribution is 2.26. The number of benzene rings is 1. The highest BCUT2D eigenvalue weighted by atomic mass is 35.5. The van der Waals surface area contributed by atoms with Crippen LogP contribution < -0.4 is 0 Å². The largest absolute Gasteiger partial charge is 0.245 e. The lowest BCUT2D eigenvalue weighted by atomic mass is 10.2. The first-order valence-electron chi connectivity index (χ1n) is 5.82. The number of hydrogen-bond acceptors (Lipinski definition) is 4. The van der Waals surface area contributed by atoms with Gasteiger partial charge in [-0.3, -0.25) is 0 Å². The minimum atomic E-state index is -3.44. The first-order valence-corrected chi connectivity index (χ1v) is 8.72. The molecule has 1 aromatic heterocycles. The van der Waals surface area contributed by atoms with Crippen molar-refractivity contribution in [2.75, 3.05) is 0 Å². The maximum atomic E-state index is 12.3. The molecular weight excluding hydrogens is 302 g/mol. The summed E-state index contributed by atoms with van der Waals surface area (Å²) in [5, 5.41) is 3.00. The lowest BCUT2D eigenvalue weighted by Gasteiger charge is -2.04. The fourth-order valence-corrected chi connectivity index (χ4v) is 4.40. The fourth-order valence-electron chi connectivity index (χ4n) is 1.62. The average Bonchev–Trinajstić information content (AvgIpc) is 2.77. The van der Waals surface area contributed by atoms with E-state index in [2.05, 4.69) is 4.98 Å². The van der Waals surface area contributed by atoms with E-state index in [0.717, 1.165) is 5.01 Å². The number of thiazole rings is 1. The van der Waals surface area contributed by atoms with Crippen LogP contribution in [0.15, 0.2) is 34.5 Å². The van der Waals surface area contributed by atoms with Crippen molar-refractivity contribution >= 4 is 32.8 Å². The lowest BCUT2D eigenvalue weighted by molar-refractivity contribution is 0.594. The number of aromatic nitrogens is 1. The molecule has 0 saturated heterocycles. The zero-order valence-corrected chi connectivity index (χ0v) is 13.0. The number of hydrogen-bond donors (Lipinski definition) is 0. The predicted octanol–water partition coefficient (Wildman–Crippen LogP) is 3.89. The van der Waals surface area contributed by atoms with Crippen LogP contribution in [-0.4, -0.2) is 13.4 Å². The summed E-state index contributed by atoms with van der Waals surface area (Å²) in [7, 11) is -3.44. The van der Waals surface area contributed by atoms with Gasteiger partial charge in [-0.25, -0.2) is 13.4 Å². The van der Waals surface area contributed by atoms with E-state index < -0.39 is 9.84 Å².